The van der Waals surface area contributed by atoms with E-state index in [0.29, 0.717) is 0 Å². The van der Waals surface area contributed by atoms with Crippen molar-refractivity contribution >= 4 is 0 Å². The van der Waals surface area contributed by atoms with Crippen molar-refractivity contribution in [3.05, 3.63) is 0 Å². The molecule has 0 aliphatic heterocycles. The van der Waals surface area contributed by atoms with Crippen molar-refractivity contribution in [2.24, 2.45) is 0 Å². The second-order valence-electron chi connectivity index (χ2n) is 17.3. The summed E-state index contributed by atoms with van der Waals surface area (Å²) in [4.78, 5) is 0. The van der Waals surface area contributed by atoms with Gasteiger partial charge in [-0.3, -0.25) is 0 Å². The first-order chi connectivity index (χ1) is 26.2. The van der Waals surface area contributed by atoms with Crippen LogP contribution in [-0.4, -0.2) is 30.7 Å². The molecule has 0 aromatic carbocycles. The van der Waals surface area contributed by atoms with Crippen molar-refractivity contribution in [3.63, 3.8) is 0 Å². The zero-order valence-electron chi connectivity index (χ0n) is 37.6. The van der Waals surface area contributed by atoms with Crippen molar-refractivity contribution in [3.8, 4) is 0 Å². The molecule has 5 nitrogen and oxygen atoms in total. The van der Waals surface area contributed by atoms with Crippen molar-refractivity contribution in [1.82, 2.24) is 0 Å². The van der Waals surface area contributed by atoms with Crippen molar-refractivity contribution in [1.29, 1.82) is 0 Å². The third-order valence-corrected chi connectivity index (χ3v) is 11.9. The van der Waals surface area contributed by atoms with Gasteiger partial charge in [0.2, 0.25) is 0 Å². The molecular weight excluding hydrogens is 690 g/mol. The van der Waals surface area contributed by atoms with Crippen molar-refractivity contribution in [2.75, 3.05) is 26.2 Å². The highest BCUT2D eigenvalue weighted by Crippen LogP contribution is 2.22. The molecular formula is C48H100ClNO4. The summed E-state index contributed by atoms with van der Waals surface area (Å²) >= 11 is 0. The van der Waals surface area contributed by atoms with Crippen LogP contribution in [0.25, 0.3) is 0 Å². The van der Waals surface area contributed by atoms with E-state index in [2.05, 4.69) is 27.7 Å². The van der Waals surface area contributed by atoms with Crippen molar-refractivity contribution in [2.45, 2.75) is 285 Å². The van der Waals surface area contributed by atoms with E-state index in [9.17, 15) is 0 Å². The SMILES string of the molecule is CCCCCCCCCCCC[N+](CCCCCCCCCCCC)(CCCCCCCCCCCC)CCCCCCCCCCCC.[O-][Cl+3]([O-])([O-])[O-]. The molecule has 0 heterocycles. The largest absolute Gasteiger partial charge is 0.324 e. The van der Waals surface area contributed by atoms with E-state index in [1.54, 1.807) is 0 Å². The van der Waals surface area contributed by atoms with E-state index in [1.807, 2.05) is 0 Å². The van der Waals surface area contributed by atoms with Crippen LogP contribution in [0.15, 0.2) is 0 Å². The van der Waals surface area contributed by atoms with Crippen LogP contribution in [0.4, 0.5) is 0 Å². The van der Waals surface area contributed by atoms with Gasteiger partial charge in [0.15, 0.2) is 0 Å². The number of quaternary nitrogens is 1. The van der Waals surface area contributed by atoms with Gasteiger partial charge >= 0.3 is 0 Å². The fraction of sp³-hybridized carbons (Fsp3) is 1.00. The Hall–Kier alpha value is 0.0900. The number of halogens is 1. The summed E-state index contributed by atoms with van der Waals surface area (Å²) in [5.41, 5.74) is 0. The molecule has 0 saturated carbocycles. The Bertz CT molecular complexity index is 566. The molecule has 0 N–H and O–H groups in total. The summed E-state index contributed by atoms with van der Waals surface area (Å²) in [6.07, 6.45) is 58.7. The van der Waals surface area contributed by atoms with Crippen LogP contribution in [-0.2, 0) is 0 Å². The Balaban J connectivity index is 0. The van der Waals surface area contributed by atoms with Gasteiger partial charge < -0.3 is 4.48 Å². The van der Waals surface area contributed by atoms with E-state index in [1.165, 1.54) is 287 Å². The second kappa shape index (κ2) is 45.8. The average Bonchev–Trinajstić information content (AvgIpc) is 3.14. The van der Waals surface area contributed by atoms with Gasteiger partial charge in [-0.15, -0.1) is 10.2 Å². The van der Waals surface area contributed by atoms with Crippen LogP contribution in [0, 0.1) is 10.2 Å². The maximum Gasteiger partial charge on any atom is 0.0786 e. The number of nitrogens with zero attached hydrogens (tertiary/aromatic N) is 1. The average molecular weight is 791 g/mol. The summed E-state index contributed by atoms with van der Waals surface area (Å²) in [6.45, 7) is 15.3. The maximum absolute atomic E-state index is 8.49. The zero-order chi connectivity index (χ0) is 40.1. The second-order valence-corrected chi connectivity index (χ2v) is 18.1. The summed E-state index contributed by atoms with van der Waals surface area (Å²) in [7, 11) is -4.94. The molecule has 0 bridgehead atoms. The standard InChI is InChI=1S/C48H100N.ClHO4/c1-5-9-13-17-21-25-29-33-37-41-45-49(46-42-38-34-30-26-22-18-14-10-6-2,47-43-39-35-31-27-23-19-15-11-7-3)48-44-40-36-32-28-24-20-16-12-8-4;2-1(3,4)5/h5-48H2,1-4H3;(H,2,3,4,5)/q+1;/p-1. The Labute approximate surface area is 343 Å². The van der Waals surface area contributed by atoms with Crippen LogP contribution in [0.3, 0.4) is 0 Å². The van der Waals surface area contributed by atoms with E-state index < -0.39 is 10.2 Å². The zero-order valence-corrected chi connectivity index (χ0v) is 38.3. The fourth-order valence-electron chi connectivity index (χ4n) is 8.41. The molecule has 0 aromatic heterocycles. The predicted molar refractivity (Wildman–Crippen MR) is 227 cm³/mol. The molecule has 328 valence electrons. The molecule has 0 amide bonds. The van der Waals surface area contributed by atoms with Gasteiger partial charge in [-0.2, -0.15) is 0 Å². The van der Waals surface area contributed by atoms with Crippen LogP contribution < -0.4 is 18.6 Å². The summed E-state index contributed by atoms with van der Waals surface area (Å²) in [6, 6.07) is 0. The topological polar surface area (TPSA) is 92.2 Å². The minimum atomic E-state index is -4.94. The highest BCUT2D eigenvalue weighted by molar-refractivity contribution is 4.56. The van der Waals surface area contributed by atoms with E-state index in [4.69, 9.17) is 18.6 Å². The minimum Gasteiger partial charge on any atom is -0.324 e. The molecule has 0 rings (SSSR count). The molecule has 6 heteroatoms. The first-order valence-corrected chi connectivity index (χ1v) is 25.9. The minimum absolute atomic E-state index is 1.37. The normalized spacial score (nSPS) is 12.0. The lowest BCUT2D eigenvalue weighted by Gasteiger charge is -2.40. The Morgan fingerprint density at radius 1 is 0.222 bits per heavy atom. The molecule has 0 unspecified atom stereocenters. The molecule has 0 aliphatic carbocycles. The molecule has 0 saturated heterocycles. The molecule has 0 aliphatic rings. The lowest BCUT2D eigenvalue weighted by Crippen LogP contribution is -2.68. The first-order valence-electron chi connectivity index (χ1n) is 24.7. The first kappa shape index (κ1) is 56.2. The van der Waals surface area contributed by atoms with Crippen molar-refractivity contribution < 1.29 is 33.4 Å². The van der Waals surface area contributed by atoms with Gasteiger partial charge in [-0.25, -0.2) is 18.6 Å². The third-order valence-electron chi connectivity index (χ3n) is 11.9. The number of hydrogen-bond donors (Lipinski definition) is 0. The Morgan fingerprint density at radius 2 is 0.333 bits per heavy atom. The smallest absolute Gasteiger partial charge is 0.0786 e. The fourth-order valence-corrected chi connectivity index (χ4v) is 8.41. The number of rotatable bonds is 44. The maximum atomic E-state index is 8.49. The van der Waals surface area contributed by atoms with Crippen LogP contribution >= 0.6 is 0 Å². The number of unbranched alkanes of at least 4 members (excludes halogenated alkanes) is 36. The molecule has 0 spiro atoms. The Morgan fingerprint density at radius 3 is 0.463 bits per heavy atom. The summed E-state index contributed by atoms with van der Waals surface area (Å²) < 4.78 is 35.5. The molecule has 0 atom stereocenters. The van der Waals surface area contributed by atoms with Crippen LogP contribution in [0.1, 0.15) is 285 Å². The highest BCUT2D eigenvalue weighted by atomic mass is 35.7. The summed E-state index contributed by atoms with van der Waals surface area (Å²) in [5, 5.41) is 0. The summed E-state index contributed by atoms with van der Waals surface area (Å²) in [5.74, 6) is 0. The Kier molecular flexibility index (Phi) is 47.6. The van der Waals surface area contributed by atoms with Gasteiger partial charge in [0.05, 0.1) is 26.2 Å². The highest BCUT2D eigenvalue weighted by Gasteiger charge is 2.25. The monoisotopic (exact) mass is 790 g/mol. The van der Waals surface area contributed by atoms with Gasteiger partial charge in [-0.1, -0.05) is 233 Å². The van der Waals surface area contributed by atoms with E-state index >= 15 is 0 Å². The third kappa shape index (κ3) is 50.1. The lowest BCUT2D eigenvalue weighted by molar-refractivity contribution is -2.00. The molecule has 54 heavy (non-hydrogen) atoms. The lowest BCUT2D eigenvalue weighted by atomic mass is 10.0. The predicted octanol–water partition coefficient (Wildman–Crippen LogP) is 12.7. The quantitative estimate of drug-likeness (QED) is 0.0454. The molecule has 0 aromatic rings. The molecule has 0 radical (unpaired) electrons. The van der Waals surface area contributed by atoms with Gasteiger partial charge in [0, 0.05) is 0 Å². The van der Waals surface area contributed by atoms with E-state index in [-0.39, 0.29) is 0 Å². The van der Waals surface area contributed by atoms with Gasteiger partial charge in [-0.05, 0) is 51.4 Å². The number of hydrogen-bond acceptors (Lipinski definition) is 4. The van der Waals surface area contributed by atoms with Gasteiger partial charge in [0.1, 0.15) is 0 Å². The van der Waals surface area contributed by atoms with Crippen LogP contribution in [0.2, 0.25) is 0 Å². The van der Waals surface area contributed by atoms with Gasteiger partial charge in [0.25, 0.3) is 0 Å². The molecule has 0 fully saturated rings. The van der Waals surface area contributed by atoms with E-state index in [0.717, 1.165) is 0 Å². The van der Waals surface area contributed by atoms with Crippen LogP contribution in [0.5, 0.6) is 0 Å².